The third-order valence-electron chi connectivity index (χ3n) is 10.4. The number of hydrogen-bond donors (Lipinski definition) is 6. The minimum atomic E-state index is -1.38. The lowest BCUT2D eigenvalue weighted by molar-refractivity contribution is -0.140. The van der Waals surface area contributed by atoms with Crippen molar-refractivity contribution in [1.82, 2.24) is 0 Å². The van der Waals surface area contributed by atoms with Crippen LogP contribution in [0.2, 0.25) is 0 Å². The number of carbonyl (C=O) groups is 9. The molecule has 0 aliphatic heterocycles. The summed E-state index contributed by atoms with van der Waals surface area (Å²) in [5, 5.41) is 15.5. The molecule has 0 aromatic heterocycles. The Morgan fingerprint density at radius 3 is 0.773 bits per heavy atom. The van der Waals surface area contributed by atoms with Gasteiger partial charge in [-0.05, 0) is 101 Å². The Morgan fingerprint density at radius 2 is 0.573 bits per heavy atom. The third kappa shape index (κ3) is 20.9. The van der Waals surface area contributed by atoms with Crippen molar-refractivity contribution in [3.05, 3.63) is 108 Å². The van der Waals surface area contributed by atoms with Crippen molar-refractivity contribution in [2.75, 3.05) is 91.4 Å². The molecular weight excluding hydrogens is 985 g/mol. The van der Waals surface area contributed by atoms with Crippen LogP contribution < -0.4 is 31.9 Å². The van der Waals surface area contributed by atoms with Gasteiger partial charge in [0.05, 0.1) is 5.41 Å². The summed E-state index contributed by atoms with van der Waals surface area (Å²) in [6, 6.07) is 13.9. The summed E-state index contributed by atoms with van der Waals surface area (Å²) in [6.07, 6.45) is -5.40. The van der Waals surface area contributed by atoms with Gasteiger partial charge in [-0.15, -0.1) is 0 Å². The largest absolute Gasteiger partial charge is 0.459 e. The van der Waals surface area contributed by atoms with Gasteiger partial charge in [0.1, 0.15) is 59.5 Å². The lowest BCUT2D eigenvalue weighted by Crippen LogP contribution is -2.40. The van der Waals surface area contributed by atoms with Crippen LogP contribution in [0.4, 0.5) is 62.9 Å². The number of amides is 6. The average molecular weight is 1050 g/mol. The smallest absolute Gasteiger partial charge is 0.411 e. The maximum Gasteiger partial charge on any atom is 0.411 e. The Balaban J connectivity index is 1.73. The van der Waals surface area contributed by atoms with Crippen LogP contribution in [-0.2, 0) is 57.0 Å². The second kappa shape index (κ2) is 30.1. The first-order valence-corrected chi connectivity index (χ1v) is 22.9. The monoisotopic (exact) mass is 1050 g/mol. The van der Waals surface area contributed by atoms with Crippen molar-refractivity contribution in [2.24, 2.45) is 5.41 Å². The molecule has 0 fully saturated rings. The molecule has 404 valence electrons. The highest BCUT2D eigenvalue weighted by molar-refractivity contribution is 5.94. The molecule has 24 heteroatoms. The molecule has 24 nitrogen and oxygen atoms in total. The Labute approximate surface area is 432 Å². The third-order valence-corrected chi connectivity index (χ3v) is 10.4. The molecule has 3 rings (SSSR count). The highest BCUT2D eigenvalue weighted by Crippen LogP contribution is 2.29. The van der Waals surface area contributed by atoms with E-state index in [0.29, 0.717) is 16.7 Å². The molecule has 0 aliphatic rings. The Kier molecular flexibility index (Phi) is 24.1. The molecule has 0 spiro atoms. The fourth-order valence-electron chi connectivity index (χ4n) is 5.86. The molecule has 0 saturated carbocycles. The van der Waals surface area contributed by atoms with Gasteiger partial charge >= 0.3 is 54.5 Å². The van der Waals surface area contributed by atoms with Crippen molar-refractivity contribution in [2.45, 2.75) is 54.9 Å². The van der Waals surface area contributed by atoms with E-state index in [1.165, 1.54) is 39.0 Å². The highest BCUT2D eigenvalue weighted by atomic mass is 16.6. The minimum absolute atomic E-state index is 0.105. The van der Waals surface area contributed by atoms with Gasteiger partial charge in [0.15, 0.2) is 0 Å². The van der Waals surface area contributed by atoms with Crippen LogP contribution in [0.25, 0.3) is 0 Å². The first-order chi connectivity index (χ1) is 35.5. The predicted molar refractivity (Wildman–Crippen MR) is 273 cm³/mol. The SMILES string of the molecule is C=C(C)C(=O)OCCOC(=O)Nc1cccc(NC(=O)OCC(CC)(COC(=O)Nc2cccc(NC(=O)OCCOC(=O)C(=C)C)c2C)COC(=O)Nc2cccc(NC(=O)OCCOC(=O)C(=C)C)c2C)c1C. The molecule has 3 aromatic carbocycles. The molecule has 0 saturated heterocycles. The minimum Gasteiger partial charge on any atom is -0.459 e. The van der Waals surface area contributed by atoms with Crippen molar-refractivity contribution in [1.29, 1.82) is 0 Å². The first-order valence-electron chi connectivity index (χ1n) is 22.9. The molecule has 6 amide bonds. The molecule has 0 radical (unpaired) electrons. The van der Waals surface area contributed by atoms with Crippen LogP contribution in [-0.4, -0.2) is 114 Å². The van der Waals surface area contributed by atoms with E-state index in [0.717, 1.165) is 0 Å². The van der Waals surface area contributed by atoms with Gasteiger partial charge in [0.25, 0.3) is 0 Å². The van der Waals surface area contributed by atoms with Gasteiger partial charge in [0.2, 0.25) is 0 Å². The van der Waals surface area contributed by atoms with Crippen molar-refractivity contribution >= 4 is 88.6 Å². The number of rotatable bonds is 25. The number of anilines is 6. The highest BCUT2D eigenvalue weighted by Gasteiger charge is 2.35. The Bertz CT molecular complexity index is 2350. The van der Waals surface area contributed by atoms with Gasteiger partial charge in [0, 0.05) is 50.8 Å². The van der Waals surface area contributed by atoms with E-state index in [1.807, 2.05) is 0 Å². The predicted octanol–water partition coefficient (Wildman–Crippen LogP) is 9.06. The Morgan fingerprint density at radius 1 is 0.373 bits per heavy atom. The summed E-state index contributed by atoms with van der Waals surface area (Å²) < 4.78 is 46.9. The number of carbonyl (C=O) groups excluding carboxylic acids is 9. The molecular formula is C51H62N6O18. The number of esters is 3. The molecule has 0 aliphatic carbocycles. The number of benzene rings is 3. The van der Waals surface area contributed by atoms with Crippen LogP contribution in [0.15, 0.2) is 91.1 Å². The van der Waals surface area contributed by atoms with Crippen LogP contribution in [0.5, 0.6) is 0 Å². The number of ether oxygens (including phenoxy) is 9. The van der Waals surface area contributed by atoms with Crippen LogP contribution >= 0.6 is 0 Å². The molecule has 75 heavy (non-hydrogen) atoms. The molecule has 0 heterocycles. The molecule has 0 atom stereocenters. The normalized spacial score (nSPS) is 10.4. The standard InChI is InChI=1S/C51H62N6O18/c1-11-51(27-73-48(64)55-39-18-12-15-36(33(39)8)52-45(61)70-24-21-67-42(58)30(2)3,28-74-49(65)56-40-19-13-16-37(34(40)9)53-46(62)71-25-22-68-43(59)31(4)5)29-75-50(66)57-41-20-14-17-38(35(41)10)54-47(63)72-26-23-69-44(60)32(6)7/h12-20H,2,4,6,11,21-29H2,1,3,5,7-10H3,(H,52,61)(H,53,62)(H,54,63)(H,55,64)(H,56,65)(H,57,66). The van der Waals surface area contributed by atoms with Crippen molar-refractivity contribution in [3.63, 3.8) is 0 Å². The van der Waals surface area contributed by atoms with Crippen molar-refractivity contribution in [3.8, 4) is 0 Å². The van der Waals surface area contributed by atoms with Crippen molar-refractivity contribution < 1.29 is 85.8 Å². The topological polar surface area (TPSA) is 309 Å². The van der Waals surface area contributed by atoms with E-state index in [2.05, 4.69) is 51.6 Å². The van der Waals surface area contributed by atoms with Crippen LogP contribution in [0.1, 0.15) is 50.8 Å². The maximum absolute atomic E-state index is 13.4. The summed E-state index contributed by atoms with van der Waals surface area (Å²) in [5.74, 6) is -1.91. The molecule has 3 aromatic rings. The van der Waals surface area contributed by atoms with Crippen LogP contribution in [0.3, 0.4) is 0 Å². The molecule has 0 bridgehead atoms. The Hall–Kier alpha value is -9.09. The zero-order valence-electron chi connectivity index (χ0n) is 42.7. The zero-order chi connectivity index (χ0) is 55.7. The maximum atomic E-state index is 13.4. The first kappa shape index (κ1) is 60.2. The van der Waals surface area contributed by atoms with Crippen LogP contribution in [0, 0.1) is 26.2 Å². The van der Waals surface area contributed by atoms with E-state index in [1.54, 1.807) is 64.1 Å². The summed E-state index contributed by atoms with van der Waals surface area (Å²) in [4.78, 5) is 112. The fourth-order valence-corrected chi connectivity index (χ4v) is 5.86. The lowest BCUT2D eigenvalue weighted by Gasteiger charge is -2.31. The number of hydrogen-bond acceptors (Lipinski definition) is 18. The van der Waals surface area contributed by atoms with E-state index >= 15 is 0 Å². The van der Waals surface area contributed by atoms with Gasteiger partial charge in [-0.3, -0.25) is 31.9 Å². The van der Waals surface area contributed by atoms with Gasteiger partial charge in [-0.25, -0.2) is 43.2 Å². The van der Waals surface area contributed by atoms with E-state index < -0.39 is 79.7 Å². The quantitative estimate of drug-likeness (QED) is 0.0199. The molecule has 6 N–H and O–H groups in total. The number of nitrogens with one attached hydrogen (secondary N) is 6. The summed E-state index contributed by atoms with van der Waals surface area (Å²) in [5.41, 5.74) is 1.89. The summed E-state index contributed by atoms with van der Waals surface area (Å²) >= 11 is 0. The van der Waals surface area contributed by atoms with E-state index in [4.69, 9.17) is 42.6 Å². The van der Waals surface area contributed by atoms with Gasteiger partial charge in [-0.2, -0.15) is 0 Å². The van der Waals surface area contributed by atoms with Gasteiger partial charge < -0.3 is 42.6 Å². The zero-order valence-corrected chi connectivity index (χ0v) is 42.7. The second-order valence-corrected chi connectivity index (χ2v) is 16.4. The molecule has 0 unspecified atom stereocenters. The average Bonchev–Trinajstić information content (AvgIpc) is 3.36. The summed E-state index contributed by atoms with van der Waals surface area (Å²) in [7, 11) is 0. The van der Waals surface area contributed by atoms with E-state index in [9.17, 15) is 43.2 Å². The second-order valence-electron chi connectivity index (χ2n) is 16.4. The fraction of sp³-hybridized carbons (Fsp3) is 0.353. The summed E-state index contributed by atoms with van der Waals surface area (Å²) in [6.45, 7) is 18.6. The van der Waals surface area contributed by atoms with E-state index in [-0.39, 0.29) is 96.9 Å². The van der Waals surface area contributed by atoms with Gasteiger partial charge in [-0.1, -0.05) is 44.9 Å². The lowest BCUT2D eigenvalue weighted by atomic mass is 9.88.